The minimum Gasteiger partial charge on any atom is -0.462 e. The van der Waals surface area contributed by atoms with Gasteiger partial charge in [0.2, 0.25) is 0 Å². The molecule has 0 amide bonds. The zero-order valence-electron chi connectivity index (χ0n) is 60.9. The van der Waals surface area contributed by atoms with E-state index < -0.39 is 97.5 Å². The molecule has 0 aromatic heterocycles. The lowest BCUT2D eigenvalue weighted by Gasteiger charge is -2.21. The molecule has 94 heavy (non-hydrogen) atoms. The SMILES string of the molecule is CCCCCC/C=C\C=C/CCCCCCCC(=O)O[C@H](COC(=O)CCCCCCCCCCC(C)CC)COP(=O)(O)OCC(O)COP(=O)(O)OC[C@@H](COC(=O)CCCCCCCCCC(C)C)OC(=O)CCCCCCCCCCCCCCCCC(C)C. The maximum Gasteiger partial charge on any atom is 0.472 e. The Bertz CT molecular complexity index is 1930. The summed E-state index contributed by atoms with van der Waals surface area (Å²) in [7, 11) is -9.92. The van der Waals surface area contributed by atoms with E-state index in [1.54, 1.807) is 0 Å². The first kappa shape index (κ1) is 91.5. The minimum atomic E-state index is -4.96. The molecule has 0 fully saturated rings. The second-order valence-electron chi connectivity index (χ2n) is 27.5. The lowest BCUT2D eigenvalue weighted by atomic mass is 9.99. The average Bonchev–Trinajstić information content (AvgIpc) is 1.58. The second-order valence-corrected chi connectivity index (χ2v) is 30.5. The highest BCUT2D eigenvalue weighted by Crippen LogP contribution is 2.45. The van der Waals surface area contributed by atoms with E-state index in [2.05, 4.69) is 72.8 Å². The maximum absolute atomic E-state index is 13.1. The molecule has 554 valence electrons. The van der Waals surface area contributed by atoms with E-state index >= 15 is 0 Å². The predicted molar refractivity (Wildman–Crippen MR) is 381 cm³/mol. The van der Waals surface area contributed by atoms with E-state index in [1.165, 1.54) is 148 Å². The lowest BCUT2D eigenvalue weighted by Crippen LogP contribution is -2.30. The van der Waals surface area contributed by atoms with Crippen LogP contribution in [0.3, 0.4) is 0 Å². The Hall–Kier alpha value is -2.46. The third kappa shape index (κ3) is 66.8. The van der Waals surface area contributed by atoms with Gasteiger partial charge in [-0.15, -0.1) is 0 Å². The molecular formula is C75H142O17P2. The number of phosphoric ester groups is 2. The molecule has 0 aliphatic carbocycles. The quantitative estimate of drug-likeness (QED) is 0.0169. The van der Waals surface area contributed by atoms with Gasteiger partial charge in [-0.1, -0.05) is 304 Å². The number of allylic oxidation sites excluding steroid dienone is 4. The highest BCUT2D eigenvalue weighted by Gasteiger charge is 2.30. The van der Waals surface area contributed by atoms with Gasteiger partial charge in [-0.3, -0.25) is 37.3 Å². The van der Waals surface area contributed by atoms with Crippen LogP contribution in [-0.2, 0) is 65.4 Å². The molecule has 0 aliphatic rings. The normalized spacial score (nSPS) is 14.6. The van der Waals surface area contributed by atoms with Crippen LogP contribution in [0.2, 0.25) is 0 Å². The second kappa shape index (κ2) is 65.2. The van der Waals surface area contributed by atoms with Crippen molar-refractivity contribution in [3.05, 3.63) is 24.3 Å². The molecule has 0 radical (unpaired) electrons. The topological polar surface area (TPSA) is 237 Å². The number of carbonyl (C=O) groups excluding carboxylic acids is 4. The summed E-state index contributed by atoms with van der Waals surface area (Å²) in [6.07, 6.45) is 53.5. The van der Waals surface area contributed by atoms with Gasteiger partial charge in [-0.2, -0.15) is 0 Å². The zero-order valence-corrected chi connectivity index (χ0v) is 62.7. The first-order valence-electron chi connectivity index (χ1n) is 38.2. The van der Waals surface area contributed by atoms with Crippen LogP contribution in [0.25, 0.3) is 0 Å². The van der Waals surface area contributed by atoms with Gasteiger partial charge >= 0.3 is 39.5 Å². The molecule has 4 unspecified atom stereocenters. The van der Waals surface area contributed by atoms with Crippen LogP contribution in [-0.4, -0.2) is 96.7 Å². The monoisotopic (exact) mass is 1380 g/mol. The molecular weight excluding hydrogens is 1230 g/mol. The Morgan fingerprint density at radius 3 is 0.947 bits per heavy atom. The summed E-state index contributed by atoms with van der Waals surface area (Å²) in [5, 5.41) is 10.6. The van der Waals surface area contributed by atoms with Gasteiger partial charge in [0.1, 0.15) is 19.3 Å². The van der Waals surface area contributed by atoms with E-state index in [1.807, 2.05) is 0 Å². The highest BCUT2D eigenvalue weighted by atomic mass is 31.2. The molecule has 0 aromatic carbocycles. The van der Waals surface area contributed by atoms with Gasteiger partial charge < -0.3 is 33.8 Å². The van der Waals surface area contributed by atoms with Crippen molar-refractivity contribution in [3.63, 3.8) is 0 Å². The molecule has 19 heteroatoms. The van der Waals surface area contributed by atoms with Crippen molar-refractivity contribution in [2.75, 3.05) is 39.6 Å². The molecule has 0 heterocycles. The first-order valence-corrected chi connectivity index (χ1v) is 41.2. The van der Waals surface area contributed by atoms with E-state index in [9.17, 15) is 43.2 Å². The number of ether oxygens (including phenoxy) is 4. The smallest absolute Gasteiger partial charge is 0.462 e. The molecule has 0 aromatic rings. The number of esters is 4. The van der Waals surface area contributed by atoms with Gasteiger partial charge in [0.25, 0.3) is 0 Å². The zero-order chi connectivity index (χ0) is 69.4. The van der Waals surface area contributed by atoms with Crippen LogP contribution < -0.4 is 0 Å². The number of carbonyl (C=O) groups is 4. The third-order valence-corrected chi connectivity index (χ3v) is 19.0. The number of unbranched alkanes of at least 4 members (excludes halogenated alkanes) is 35. The molecule has 0 saturated heterocycles. The molecule has 3 N–H and O–H groups in total. The van der Waals surface area contributed by atoms with Crippen molar-refractivity contribution in [2.24, 2.45) is 17.8 Å². The Morgan fingerprint density at radius 2 is 0.628 bits per heavy atom. The minimum absolute atomic E-state index is 0.0842. The van der Waals surface area contributed by atoms with Crippen molar-refractivity contribution >= 4 is 39.5 Å². The Balaban J connectivity index is 5.28. The number of aliphatic hydroxyl groups is 1. The number of phosphoric acid groups is 2. The summed E-state index contributed by atoms with van der Waals surface area (Å²) in [5.74, 6) is 0.120. The Morgan fingerprint density at radius 1 is 0.351 bits per heavy atom. The summed E-state index contributed by atoms with van der Waals surface area (Å²) in [6, 6.07) is 0. The van der Waals surface area contributed by atoms with Gasteiger partial charge in [0, 0.05) is 25.7 Å². The van der Waals surface area contributed by atoms with Gasteiger partial charge in [-0.05, 0) is 69.1 Å². The Labute approximate surface area is 573 Å². The number of rotatable bonds is 71. The fourth-order valence-corrected chi connectivity index (χ4v) is 12.4. The van der Waals surface area contributed by atoms with Crippen LogP contribution in [0.5, 0.6) is 0 Å². The fraction of sp³-hybridized carbons (Fsp3) is 0.893. The van der Waals surface area contributed by atoms with E-state index in [4.69, 9.17) is 37.0 Å². The highest BCUT2D eigenvalue weighted by molar-refractivity contribution is 7.47. The maximum atomic E-state index is 13.1. The molecule has 17 nitrogen and oxygen atoms in total. The molecule has 6 atom stereocenters. The number of hydrogen-bond acceptors (Lipinski definition) is 15. The predicted octanol–water partition coefficient (Wildman–Crippen LogP) is 21.3. The standard InChI is InChI=1S/C75H142O17P2/c1-8-10-11-12-13-14-15-16-17-21-24-27-36-44-51-58-74(79)91-70(62-85-72(77)56-49-42-35-30-29-34-41-48-55-68(7)9-2)64-89-93(81,82)87-60-69(76)61-88-94(83,84)90-65-71(63-86-73(78)57-50-43-38-31-33-40-47-54-67(5)6)92-75(80)59-52-45-37-28-25-22-19-18-20-23-26-32-39-46-53-66(3)4/h14-17,66-71,76H,8-13,18-65H2,1-7H3,(H,81,82)(H,83,84)/b15-14-,17-16-/t68?,69?,70-,71-/m1/s1. The lowest BCUT2D eigenvalue weighted by molar-refractivity contribution is -0.161. The Kier molecular flexibility index (Phi) is 63.5. The van der Waals surface area contributed by atoms with Gasteiger partial charge in [0.05, 0.1) is 26.4 Å². The number of aliphatic hydroxyl groups excluding tert-OH is 1. The van der Waals surface area contributed by atoms with Gasteiger partial charge in [-0.25, -0.2) is 9.13 Å². The molecule has 0 saturated carbocycles. The largest absolute Gasteiger partial charge is 0.472 e. The van der Waals surface area contributed by atoms with Crippen LogP contribution in [0.4, 0.5) is 0 Å². The van der Waals surface area contributed by atoms with Crippen LogP contribution >= 0.6 is 15.6 Å². The molecule has 0 bridgehead atoms. The third-order valence-electron chi connectivity index (χ3n) is 17.1. The summed E-state index contributed by atoms with van der Waals surface area (Å²) < 4.78 is 68.4. The van der Waals surface area contributed by atoms with Crippen LogP contribution in [0.15, 0.2) is 24.3 Å². The summed E-state index contributed by atoms with van der Waals surface area (Å²) >= 11 is 0. The average molecular weight is 1380 g/mol. The van der Waals surface area contributed by atoms with Crippen molar-refractivity contribution < 1.29 is 80.2 Å². The molecule has 0 aliphatic heterocycles. The van der Waals surface area contributed by atoms with Crippen molar-refractivity contribution in [1.29, 1.82) is 0 Å². The molecule has 0 rings (SSSR count). The van der Waals surface area contributed by atoms with E-state index in [0.29, 0.717) is 31.6 Å². The van der Waals surface area contributed by atoms with Crippen molar-refractivity contribution in [3.8, 4) is 0 Å². The summed E-state index contributed by atoms with van der Waals surface area (Å²) in [4.78, 5) is 72.7. The van der Waals surface area contributed by atoms with E-state index in [0.717, 1.165) is 121 Å². The number of hydrogen-bond donors (Lipinski definition) is 3. The molecule has 0 spiro atoms. The van der Waals surface area contributed by atoms with Crippen LogP contribution in [0.1, 0.15) is 357 Å². The summed E-state index contributed by atoms with van der Waals surface area (Å²) in [5.41, 5.74) is 0. The van der Waals surface area contributed by atoms with Gasteiger partial charge in [0.15, 0.2) is 12.2 Å². The van der Waals surface area contributed by atoms with Crippen LogP contribution in [0, 0.1) is 17.8 Å². The van der Waals surface area contributed by atoms with Crippen molar-refractivity contribution in [2.45, 2.75) is 375 Å². The first-order chi connectivity index (χ1) is 45.3. The van der Waals surface area contributed by atoms with Crippen molar-refractivity contribution in [1.82, 2.24) is 0 Å². The van der Waals surface area contributed by atoms with E-state index in [-0.39, 0.29) is 25.7 Å². The fourth-order valence-electron chi connectivity index (χ4n) is 10.9. The summed E-state index contributed by atoms with van der Waals surface area (Å²) in [6.45, 7) is 11.8.